The summed E-state index contributed by atoms with van der Waals surface area (Å²) >= 11 is 0. The molecular weight excluding hydrogens is 362 g/mol. The number of hydrogen-bond acceptors (Lipinski definition) is 7. The van der Waals surface area contributed by atoms with Gasteiger partial charge in [0.25, 0.3) is 5.91 Å². The third-order valence-electron chi connectivity index (χ3n) is 3.93. The maximum atomic E-state index is 12.2. The average molecular weight is 379 g/mol. The summed E-state index contributed by atoms with van der Waals surface area (Å²) in [5.74, 6) is -1.17. The van der Waals surface area contributed by atoms with Crippen LogP contribution in [0.5, 0.6) is 0 Å². The molecule has 1 amide bonds. The summed E-state index contributed by atoms with van der Waals surface area (Å²) in [5.41, 5.74) is 2.02. The van der Waals surface area contributed by atoms with Gasteiger partial charge in [0.1, 0.15) is 6.33 Å². The fourth-order valence-electron chi connectivity index (χ4n) is 2.34. The van der Waals surface area contributed by atoms with E-state index >= 15 is 0 Å². The number of carbonyl (C=O) groups is 3. The number of ether oxygens (including phenoxy) is 1. The topological polar surface area (TPSA) is 116 Å². The largest absolute Gasteiger partial charge is 0.449 e. The normalized spacial score (nSPS) is 11.5. The lowest BCUT2D eigenvalue weighted by atomic mass is 10.1. The first-order valence-electron chi connectivity index (χ1n) is 8.40. The van der Waals surface area contributed by atoms with Gasteiger partial charge in [-0.15, -0.1) is 5.10 Å². The Labute approximate surface area is 160 Å². The summed E-state index contributed by atoms with van der Waals surface area (Å²) in [6.07, 6.45) is 0.432. The highest BCUT2D eigenvalue weighted by Gasteiger charge is 2.19. The Morgan fingerprint density at radius 1 is 1.00 bits per heavy atom. The van der Waals surface area contributed by atoms with E-state index in [-0.39, 0.29) is 5.78 Å². The van der Waals surface area contributed by atoms with Gasteiger partial charge in [0.2, 0.25) is 0 Å². The van der Waals surface area contributed by atoms with Crippen LogP contribution in [0.3, 0.4) is 0 Å². The van der Waals surface area contributed by atoms with Gasteiger partial charge in [-0.05, 0) is 72.8 Å². The molecule has 142 valence electrons. The minimum absolute atomic E-state index is 0.0636. The van der Waals surface area contributed by atoms with Crippen LogP contribution in [0, 0.1) is 0 Å². The van der Waals surface area contributed by atoms with Crippen LogP contribution in [0.4, 0.5) is 5.69 Å². The van der Waals surface area contributed by atoms with Crippen LogP contribution in [-0.2, 0) is 9.53 Å². The molecule has 2 aromatic carbocycles. The minimum atomic E-state index is -1.00. The summed E-state index contributed by atoms with van der Waals surface area (Å²) in [6, 6.07) is 12.9. The summed E-state index contributed by atoms with van der Waals surface area (Å²) in [4.78, 5) is 35.7. The molecule has 9 nitrogen and oxygen atoms in total. The predicted molar refractivity (Wildman–Crippen MR) is 99.1 cm³/mol. The molecule has 0 spiro atoms. The van der Waals surface area contributed by atoms with E-state index < -0.39 is 18.0 Å². The molecule has 3 rings (SSSR count). The lowest BCUT2D eigenvalue weighted by Crippen LogP contribution is -2.30. The third kappa shape index (κ3) is 4.44. The fourth-order valence-corrected chi connectivity index (χ4v) is 2.34. The highest BCUT2D eigenvalue weighted by molar-refractivity contribution is 5.98. The van der Waals surface area contributed by atoms with Crippen molar-refractivity contribution in [2.75, 3.05) is 5.32 Å². The lowest BCUT2D eigenvalue weighted by Gasteiger charge is -2.14. The van der Waals surface area contributed by atoms with Crippen molar-refractivity contribution in [2.24, 2.45) is 0 Å². The van der Waals surface area contributed by atoms with Gasteiger partial charge >= 0.3 is 5.97 Å². The fraction of sp³-hybridized carbons (Fsp3) is 0.158. The second kappa shape index (κ2) is 8.21. The van der Waals surface area contributed by atoms with Gasteiger partial charge in [-0.25, -0.2) is 9.48 Å². The van der Waals surface area contributed by atoms with E-state index in [1.807, 2.05) is 0 Å². The molecule has 0 aliphatic carbocycles. The lowest BCUT2D eigenvalue weighted by molar-refractivity contribution is -0.123. The molecule has 1 atom stereocenters. The molecule has 1 heterocycles. The summed E-state index contributed by atoms with van der Waals surface area (Å²) in [7, 11) is 0. The number of Topliss-reactive ketones (excluding diaryl/α,β-unsaturated/α-hetero) is 1. The number of aromatic nitrogens is 4. The predicted octanol–water partition coefficient (Wildman–Crippen LogP) is 2.05. The molecule has 0 fully saturated rings. The monoisotopic (exact) mass is 379 g/mol. The number of rotatable bonds is 6. The summed E-state index contributed by atoms with van der Waals surface area (Å²) < 4.78 is 6.66. The maximum absolute atomic E-state index is 12.2. The number of ketones is 1. The van der Waals surface area contributed by atoms with Gasteiger partial charge in [-0.1, -0.05) is 0 Å². The number of nitrogens with one attached hydrogen (secondary N) is 1. The van der Waals surface area contributed by atoms with E-state index in [1.54, 1.807) is 48.5 Å². The molecule has 0 radical (unpaired) electrons. The Morgan fingerprint density at radius 2 is 1.64 bits per heavy atom. The number of anilines is 1. The molecule has 1 N–H and O–H groups in total. The first-order valence-corrected chi connectivity index (χ1v) is 8.40. The quantitative estimate of drug-likeness (QED) is 0.515. The van der Waals surface area contributed by atoms with E-state index in [2.05, 4.69) is 20.8 Å². The molecule has 9 heteroatoms. The van der Waals surface area contributed by atoms with Crippen LogP contribution in [0.2, 0.25) is 0 Å². The Morgan fingerprint density at radius 3 is 2.21 bits per heavy atom. The second-order valence-corrected chi connectivity index (χ2v) is 5.97. The number of carbonyl (C=O) groups excluding carboxylic acids is 3. The van der Waals surface area contributed by atoms with Crippen LogP contribution in [0.15, 0.2) is 54.9 Å². The van der Waals surface area contributed by atoms with Crippen LogP contribution < -0.4 is 5.32 Å². The first-order chi connectivity index (χ1) is 13.4. The third-order valence-corrected chi connectivity index (χ3v) is 3.93. The van der Waals surface area contributed by atoms with Crippen molar-refractivity contribution in [1.82, 2.24) is 20.2 Å². The molecule has 0 aliphatic rings. The zero-order chi connectivity index (χ0) is 20.1. The minimum Gasteiger partial charge on any atom is -0.449 e. The number of benzene rings is 2. The van der Waals surface area contributed by atoms with Gasteiger partial charge in [-0.3, -0.25) is 9.59 Å². The number of amides is 1. The van der Waals surface area contributed by atoms with Crippen LogP contribution >= 0.6 is 0 Å². The number of nitrogens with zero attached hydrogens (tertiary/aromatic N) is 4. The van der Waals surface area contributed by atoms with Crippen molar-refractivity contribution in [3.05, 3.63) is 66.0 Å². The van der Waals surface area contributed by atoms with Crippen LogP contribution in [0.1, 0.15) is 34.6 Å². The van der Waals surface area contributed by atoms with E-state index in [1.165, 1.54) is 24.9 Å². The number of esters is 1. The molecule has 0 saturated carbocycles. The molecule has 28 heavy (non-hydrogen) atoms. The van der Waals surface area contributed by atoms with Crippen molar-refractivity contribution in [3.63, 3.8) is 0 Å². The standard InChI is InChI=1S/C19H17N5O4/c1-12(25)14-3-7-16(8-4-14)21-18(26)13(2)28-19(27)15-5-9-17(10-6-15)24-11-20-22-23-24/h3-11,13H,1-2H3,(H,21,26)/t13-/m0/s1. The zero-order valence-electron chi connectivity index (χ0n) is 15.2. The molecule has 3 aromatic rings. The summed E-state index contributed by atoms with van der Waals surface area (Å²) in [5, 5.41) is 13.5. The van der Waals surface area contributed by atoms with Gasteiger partial charge in [-0.2, -0.15) is 0 Å². The Balaban J connectivity index is 1.58. The van der Waals surface area contributed by atoms with Gasteiger partial charge in [0.15, 0.2) is 11.9 Å². The number of hydrogen-bond donors (Lipinski definition) is 1. The summed E-state index contributed by atoms with van der Waals surface area (Å²) in [6.45, 7) is 2.94. The highest BCUT2D eigenvalue weighted by Crippen LogP contribution is 2.13. The molecule has 1 aromatic heterocycles. The molecule has 0 unspecified atom stereocenters. The SMILES string of the molecule is CC(=O)c1ccc(NC(=O)[C@H](C)OC(=O)c2ccc(-n3cnnn3)cc2)cc1. The van der Waals surface area contributed by atoms with Gasteiger partial charge in [0.05, 0.1) is 11.3 Å². The van der Waals surface area contributed by atoms with Crippen molar-refractivity contribution in [3.8, 4) is 5.69 Å². The molecule has 0 bridgehead atoms. The highest BCUT2D eigenvalue weighted by atomic mass is 16.5. The van der Waals surface area contributed by atoms with Gasteiger partial charge in [0, 0.05) is 11.3 Å². The van der Waals surface area contributed by atoms with Crippen molar-refractivity contribution >= 4 is 23.3 Å². The van der Waals surface area contributed by atoms with Crippen LogP contribution in [0.25, 0.3) is 5.69 Å². The van der Waals surface area contributed by atoms with Gasteiger partial charge < -0.3 is 10.1 Å². The average Bonchev–Trinajstić information content (AvgIpc) is 3.23. The Bertz CT molecular complexity index is 982. The van der Waals surface area contributed by atoms with Crippen molar-refractivity contribution in [1.29, 1.82) is 0 Å². The van der Waals surface area contributed by atoms with Crippen molar-refractivity contribution < 1.29 is 19.1 Å². The second-order valence-electron chi connectivity index (χ2n) is 5.97. The zero-order valence-corrected chi connectivity index (χ0v) is 15.2. The molecule has 0 saturated heterocycles. The number of tetrazole rings is 1. The Kier molecular flexibility index (Phi) is 5.54. The van der Waals surface area contributed by atoms with E-state index in [0.29, 0.717) is 22.5 Å². The first kappa shape index (κ1) is 18.9. The molecular formula is C19H17N5O4. The van der Waals surface area contributed by atoms with E-state index in [9.17, 15) is 14.4 Å². The van der Waals surface area contributed by atoms with Crippen LogP contribution in [-0.4, -0.2) is 44.0 Å². The van der Waals surface area contributed by atoms with E-state index in [0.717, 1.165) is 0 Å². The van der Waals surface area contributed by atoms with E-state index in [4.69, 9.17) is 4.74 Å². The Hall–Kier alpha value is -3.88. The van der Waals surface area contributed by atoms with Crippen molar-refractivity contribution in [2.45, 2.75) is 20.0 Å². The smallest absolute Gasteiger partial charge is 0.338 e. The maximum Gasteiger partial charge on any atom is 0.338 e. The molecule has 0 aliphatic heterocycles.